The van der Waals surface area contributed by atoms with Gasteiger partial charge in [0, 0.05) is 34.9 Å². The van der Waals surface area contributed by atoms with Crippen molar-refractivity contribution in [3.63, 3.8) is 0 Å². The van der Waals surface area contributed by atoms with Crippen molar-refractivity contribution >= 4 is 16.7 Å². The zero-order valence-corrected chi connectivity index (χ0v) is 18.3. The molecule has 2 bridgehead atoms. The molecule has 162 valence electrons. The summed E-state index contributed by atoms with van der Waals surface area (Å²) in [7, 11) is 0. The highest BCUT2D eigenvalue weighted by Crippen LogP contribution is 2.68. The molecule has 3 aliphatic carbocycles. The topological polar surface area (TPSA) is 71.6 Å². The van der Waals surface area contributed by atoms with Crippen LogP contribution >= 0.6 is 0 Å². The van der Waals surface area contributed by atoms with Crippen LogP contribution in [-0.2, 0) is 20.7 Å². The summed E-state index contributed by atoms with van der Waals surface area (Å²) in [4.78, 5) is 16.7. The Morgan fingerprint density at radius 3 is 2.77 bits per heavy atom. The molecule has 2 saturated carbocycles. The molecule has 5 nitrogen and oxygen atoms in total. The second kappa shape index (κ2) is 5.51. The largest absolute Gasteiger partial charge is 0.392 e. The number of aromatic nitrogens is 1. The van der Waals surface area contributed by atoms with Gasteiger partial charge in [0.25, 0.3) is 0 Å². The van der Waals surface area contributed by atoms with Crippen LogP contribution in [0.1, 0.15) is 57.2 Å². The van der Waals surface area contributed by atoms with E-state index in [4.69, 9.17) is 9.47 Å². The lowest BCUT2D eigenvalue weighted by Gasteiger charge is -2.58. The maximum atomic E-state index is 13.0. The molecule has 7 unspecified atom stereocenters. The molecule has 2 N–H and O–H groups in total. The average molecular weight is 420 g/mol. The number of carbonyl (C=O) groups is 1. The van der Waals surface area contributed by atoms with Crippen LogP contribution in [-0.4, -0.2) is 39.5 Å². The van der Waals surface area contributed by atoms with Crippen LogP contribution in [0.25, 0.3) is 10.9 Å². The molecule has 2 aliphatic heterocycles. The van der Waals surface area contributed by atoms with Gasteiger partial charge < -0.3 is 19.6 Å². The normalized spacial score (nSPS) is 44.5. The Hall–Kier alpha value is -1.95. The molecule has 3 heterocycles. The Morgan fingerprint density at radius 2 is 1.94 bits per heavy atom. The first-order valence-electron chi connectivity index (χ1n) is 11.6. The minimum Gasteiger partial charge on any atom is -0.392 e. The van der Waals surface area contributed by atoms with Gasteiger partial charge >= 0.3 is 0 Å². The number of carbonyl (C=O) groups excluding carboxylic acids is 1. The second-order valence-electron chi connectivity index (χ2n) is 11.2. The molecular weight excluding hydrogens is 390 g/mol. The molecule has 5 heteroatoms. The van der Waals surface area contributed by atoms with Gasteiger partial charge in [0.1, 0.15) is 5.60 Å². The van der Waals surface area contributed by atoms with Gasteiger partial charge in [0.05, 0.1) is 6.10 Å². The first-order valence-corrected chi connectivity index (χ1v) is 11.6. The lowest BCUT2D eigenvalue weighted by atomic mass is 9.49. The van der Waals surface area contributed by atoms with Crippen LogP contribution in [0.4, 0.5) is 0 Å². The van der Waals surface area contributed by atoms with Gasteiger partial charge in [-0.3, -0.25) is 4.79 Å². The summed E-state index contributed by atoms with van der Waals surface area (Å²) in [6, 6.07) is 8.55. The standard InChI is InChI=1S/C26H29NO4/c1-24(2)23-19(29)12-16-21-18(28)11-13-10-15-14-6-4-5-7-17(14)27-22(15)20(13)25(21,3)8-9-26(16,30-23)31-24/h4-7,12-13,18,20-21,23,27-28H,8-11H2,1-3H3. The average Bonchev–Trinajstić information content (AvgIpc) is 3.31. The zero-order valence-electron chi connectivity index (χ0n) is 18.3. The summed E-state index contributed by atoms with van der Waals surface area (Å²) in [5.41, 5.74) is 4.03. The van der Waals surface area contributed by atoms with E-state index < -0.39 is 23.6 Å². The Kier molecular flexibility index (Phi) is 3.30. The number of ketones is 1. The fourth-order valence-corrected chi connectivity index (χ4v) is 8.08. The van der Waals surface area contributed by atoms with Crippen molar-refractivity contribution in [3.8, 4) is 0 Å². The van der Waals surface area contributed by atoms with Crippen molar-refractivity contribution in [1.29, 1.82) is 0 Å². The van der Waals surface area contributed by atoms with E-state index in [1.807, 2.05) is 13.8 Å². The maximum absolute atomic E-state index is 13.0. The summed E-state index contributed by atoms with van der Waals surface area (Å²) < 4.78 is 12.8. The van der Waals surface area contributed by atoms with Gasteiger partial charge in [-0.05, 0) is 67.7 Å². The lowest BCUT2D eigenvalue weighted by Crippen LogP contribution is -2.58. The molecule has 5 aliphatic rings. The van der Waals surface area contributed by atoms with Crippen molar-refractivity contribution in [3.05, 3.63) is 47.2 Å². The number of aromatic amines is 1. The van der Waals surface area contributed by atoms with E-state index in [2.05, 4.69) is 36.2 Å². The van der Waals surface area contributed by atoms with Crippen LogP contribution in [0.5, 0.6) is 0 Å². The molecule has 7 rings (SSSR count). The van der Waals surface area contributed by atoms with E-state index in [9.17, 15) is 9.90 Å². The minimum atomic E-state index is -0.859. The molecule has 31 heavy (non-hydrogen) atoms. The monoisotopic (exact) mass is 419 g/mol. The van der Waals surface area contributed by atoms with Crippen molar-refractivity contribution in [2.75, 3.05) is 0 Å². The van der Waals surface area contributed by atoms with E-state index in [1.165, 1.54) is 22.2 Å². The molecular formula is C26H29NO4. The Labute approximate surface area is 181 Å². The number of benzene rings is 1. The number of fused-ring (bicyclic) bond motifs is 9. The number of H-pyrrole nitrogens is 1. The van der Waals surface area contributed by atoms with Crippen LogP contribution in [0, 0.1) is 17.3 Å². The highest BCUT2D eigenvalue weighted by Gasteiger charge is 2.68. The number of aliphatic hydroxyl groups excluding tert-OH is 1. The molecule has 1 aromatic heterocycles. The highest BCUT2D eigenvalue weighted by molar-refractivity contribution is 5.97. The minimum absolute atomic E-state index is 0.0237. The fraction of sp³-hybridized carbons (Fsp3) is 0.577. The van der Waals surface area contributed by atoms with Gasteiger partial charge in [-0.1, -0.05) is 25.1 Å². The molecule has 3 fully saturated rings. The summed E-state index contributed by atoms with van der Waals surface area (Å²) in [6.07, 6.45) is 4.11. The molecule has 0 radical (unpaired) electrons. The van der Waals surface area contributed by atoms with E-state index in [0.29, 0.717) is 11.8 Å². The number of aliphatic hydroxyl groups is 1. The number of hydrogen-bond donors (Lipinski definition) is 2. The van der Waals surface area contributed by atoms with Gasteiger partial charge in [-0.25, -0.2) is 0 Å². The maximum Gasteiger partial charge on any atom is 0.193 e. The predicted octanol–water partition coefficient (Wildman–Crippen LogP) is 4.00. The number of ether oxygens (including phenoxy) is 2. The summed E-state index contributed by atoms with van der Waals surface area (Å²) in [5.74, 6) is -0.264. The van der Waals surface area contributed by atoms with E-state index >= 15 is 0 Å². The van der Waals surface area contributed by atoms with Crippen LogP contribution in [0.15, 0.2) is 35.9 Å². The number of rotatable bonds is 0. The Morgan fingerprint density at radius 1 is 1.13 bits per heavy atom. The van der Waals surface area contributed by atoms with Gasteiger partial charge in [-0.2, -0.15) is 0 Å². The van der Waals surface area contributed by atoms with E-state index in [1.54, 1.807) is 6.08 Å². The Balaban J connectivity index is 1.38. The molecule has 7 atom stereocenters. The lowest BCUT2D eigenvalue weighted by molar-refractivity contribution is -0.209. The second-order valence-corrected chi connectivity index (χ2v) is 11.2. The van der Waals surface area contributed by atoms with Gasteiger partial charge in [0.2, 0.25) is 0 Å². The smallest absolute Gasteiger partial charge is 0.193 e. The van der Waals surface area contributed by atoms with Gasteiger partial charge in [-0.15, -0.1) is 0 Å². The van der Waals surface area contributed by atoms with Crippen molar-refractivity contribution in [1.82, 2.24) is 4.98 Å². The number of hydrogen-bond acceptors (Lipinski definition) is 4. The summed E-state index contributed by atoms with van der Waals surface area (Å²) in [5, 5.41) is 12.8. The summed E-state index contributed by atoms with van der Waals surface area (Å²) >= 11 is 0. The quantitative estimate of drug-likeness (QED) is 0.677. The van der Waals surface area contributed by atoms with Crippen molar-refractivity contribution < 1.29 is 19.4 Å². The number of para-hydroxylation sites is 1. The molecule has 0 amide bonds. The molecule has 1 aromatic carbocycles. The van der Waals surface area contributed by atoms with Crippen LogP contribution < -0.4 is 0 Å². The first-order chi connectivity index (χ1) is 14.7. The number of nitrogens with one attached hydrogen (secondary N) is 1. The van der Waals surface area contributed by atoms with Gasteiger partial charge in [0.15, 0.2) is 17.7 Å². The molecule has 2 aromatic rings. The predicted molar refractivity (Wildman–Crippen MR) is 116 cm³/mol. The van der Waals surface area contributed by atoms with Crippen molar-refractivity contribution in [2.24, 2.45) is 17.3 Å². The SMILES string of the molecule is CC1(C)OC23CCC4(C)C(C2=CC(=O)C1O3)C(O)CC1Cc2c([nH]c3ccccc23)C14. The third-order valence-electron chi connectivity index (χ3n) is 9.14. The third-order valence-corrected chi connectivity index (χ3v) is 9.14. The van der Waals surface area contributed by atoms with Crippen LogP contribution in [0.3, 0.4) is 0 Å². The highest BCUT2D eigenvalue weighted by atomic mass is 16.8. The molecule has 1 spiro atoms. The fourth-order valence-electron chi connectivity index (χ4n) is 8.08. The first kappa shape index (κ1) is 18.6. The van der Waals surface area contributed by atoms with E-state index in [0.717, 1.165) is 31.3 Å². The van der Waals surface area contributed by atoms with Crippen LogP contribution in [0.2, 0.25) is 0 Å². The third kappa shape index (κ3) is 2.11. The van der Waals surface area contributed by atoms with Crippen molar-refractivity contribution in [2.45, 2.75) is 76.0 Å². The molecule has 1 saturated heterocycles. The summed E-state index contributed by atoms with van der Waals surface area (Å²) in [6.45, 7) is 6.20. The van der Waals surface area contributed by atoms with E-state index in [-0.39, 0.29) is 17.1 Å². The Bertz CT molecular complexity index is 1180. The zero-order chi connectivity index (χ0) is 21.3.